The van der Waals surface area contributed by atoms with Crippen molar-refractivity contribution in [2.45, 2.75) is 26.4 Å². The molecule has 2 heterocycles. The van der Waals surface area contributed by atoms with Gasteiger partial charge in [0.2, 0.25) is 0 Å². The van der Waals surface area contributed by atoms with E-state index in [0.717, 1.165) is 24.8 Å². The number of methoxy groups -OCH3 is 1. The Labute approximate surface area is 108 Å². The van der Waals surface area contributed by atoms with Crippen LogP contribution in [0.15, 0.2) is 6.07 Å². The largest absolute Gasteiger partial charge is 0.377 e. The van der Waals surface area contributed by atoms with Gasteiger partial charge in [-0.05, 0) is 12.3 Å². The number of ether oxygens (including phenoxy) is 1. The minimum Gasteiger partial charge on any atom is -0.377 e. The summed E-state index contributed by atoms with van der Waals surface area (Å²) < 4.78 is 5.08. The van der Waals surface area contributed by atoms with Crippen molar-refractivity contribution in [3.63, 3.8) is 0 Å². The van der Waals surface area contributed by atoms with Crippen LogP contribution in [0.5, 0.6) is 0 Å². The fraction of sp³-hybridized carbons (Fsp3) is 0.667. The van der Waals surface area contributed by atoms with Crippen molar-refractivity contribution in [1.82, 2.24) is 9.97 Å². The molecule has 1 aromatic rings. The first-order valence-corrected chi connectivity index (χ1v) is 6.35. The molecule has 3 N–H and O–H groups in total. The normalized spacial score (nSPS) is 19.3. The highest BCUT2D eigenvalue weighted by molar-refractivity contribution is 5.49. The van der Waals surface area contributed by atoms with Crippen molar-refractivity contribution >= 4 is 11.6 Å². The molecule has 1 saturated heterocycles. The Hall–Kier alpha value is -1.40. The van der Waals surface area contributed by atoms with E-state index < -0.39 is 0 Å². The van der Waals surface area contributed by atoms with Crippen LogP contribution in [-0.2, 0) is 11.3 Å². The van der Waals surface area contributed by atoms with Gasteiger partial charge in [0.25, 0.3) is 0 Å². The number of nitrogen functional groups attached to an aromatic ring is 1. The molecule has 0 bridgehead atoms. The zero-order chi connectivity index (χ0) is 13.0. The smallest absolute Gasteiger partial charge is 0.158 e. The van der Waals surface area contributed by atoms with Crippen LogP contribution in [0.3, 0.4) is 0 Å². The lowest BCUT2D eigenvalue weighted by molar-refractivity contribution is 0.178. The standard InChI is InChI=1S/C12H21N5O/c1-3-9-4-5-17(7-9)12-6-10(16-13)14-11(15-12)8-18-2/h6,9H,3-5,7-8,13H2,1-2H3,(H,14,15,16). The Kier molecular flexibility index (Phi) is 4.33. The van der Waals surface area contributed by atoms with Crippen molar-refractivity contribution in [2.24, 2.45) is 11.8 Å². The van der Waals surface area contributed by atoms with Gasteiger partial charge in [-0.1, -0.05) is 13.3 Å². The molecular formula is C12H21N5O. The zero-order valence-corrected chi connectivity index (χ0v) is 11.0. The first-order valence-electron chi connectivity index (χ1n) is 6.35. The highest BCUT2D eigenvalue weighted by Gasteiger charge is 2.22. The lowest BCUT2D eigenvalue weighted by Crippen LogP contribution is -2.22. The first kappa shape index (κ1) is 13.0. The Morgan fingerprint density at radius 1 is 1.56 bits per heavy atom. The van der Waals surface area contributed by atoms with Crippen molar-refractivity contribution in [3.05, 3.63) is 11.9 Å². The minimum absolute atomic E-state index is 0.396. The molecule has 1 atom stereocenters. The van der Waals surface area contributed by atoms with Crippen LogP contribution in [0.1, 0.15) is 25.6 Å². The highest BCUT2D eigenvalue weighted by Crippen LogP contribution is 2.25. The monoisotopic (exact) mass is 251 g/mol. The van der Waals surface area contributed by atoms with Crippen LogP contribution in [0.4, 0.5) is 11.6 Å². The molecule has 1 aliphatic rings. The summed E-state index contributed by atoms with van der Waals surface area (Å²) in [4.78, 5) is 11.1. The molecular weight excluding hydrogens is 230 g/mol. The lowest BCUT2D eigenvalue weighted by Gasteiger charge is -2.18. The lowest BCUT2D eigenvalue weighted by atomic mass is 10.1. The molecule has 1 aromatic heterocycles. The SMILES string of the molecule is CCC1CCN(c2cc(NN)nc(COC)n2)C1. The third kappa shape index (κ3) is 2.88. The number of nitrogens with one attached hydrogen (secondary N) is 1. The molecule has 0 saturated carbocycles. The van der Waals surface area contributed by atoms with Gasteiger partial charge in [-0.2, -0.15) is 0 Å². The van der Waals surface area contributed by atoms with Crippen LogP contribution >= 0.6 is 0 Å². The number of hydrogen-bond acceptors (Lipinski definition) is 6. The van der Waals surface area contributed by atoms with Crippen LogP contribution in [0.25, 0.3) is 0 Å². The van der Waals surface area contributed by atoms with E-state index in [-0.39, 0.29) is 0 Å². The van der Waals surface area contributed by atoms with E-state index in [4.69, 9.17) is 10.6 Å². The average molecular weight is 251 g/mol. The van der Waals surface area contributed by atoms with E-state index in [9.17, 15) is 0 Å². The van der Waals surface area contributed by atoms with Gasteiger partial charge in [0.05, 0.1) is 0 Å². The number of nitrogens with zero attached hydrogens (tertiary/aromatic N) is 3. The molecule has 0 amide bonds. The summed E-state index contributed by atoms with van der Waals surface area (Å²) in [5, 5.41) is 0. The van der Waals surface area contributed by atoms with Crippen LogP contribution in [0.2, 0.25) is 0 Å². The average Bonchev–Trinajstić information content (AvgIpc) is 2.87. The molecule has 1 fully saturated rings. The molecule has 1 aliphatic heterocycles. The first-order chi connectivity index (χ1) is 8.76. The number of aromatic nitrogens is 2. The van der Waals surface area contributed by atoms with Gasteiger partial charge in [-0.15, -0.1) is 0 Å². The van der Waals surface area contributed by atoms with E-state index in [1.165, 1.54) is 12.8 Å². The van der Waals surface area contributed by atoms with E-state index in [1.54, 1.807) is 7.11 Å². The summed E-state index contributed by atoms with van der Waals surface area (Å²) in [5.41, 5.74) is 2.58. The topological polar surface area (TPSA) is 76.3 Å². The highest BCUT2D eigenvalue weighted by atomic mass is 16.5. The van der Waals surface area contributed by atoms with Crippen molar-refractivity contribution in [2.75, 3.05) is 30.5 Å². The second-order valence-corrected chi connectivity index (χ2v) is 4.61. The molecule has 6 nitrogen and oxygen atoms in total. The maximum absolute atomic E-state index is 5.44. The van der Waals surface area contributed by atoms with Crippen molar-refractivity contribution in [3.8, 4) is 0 Å². The van der Waals surface area contributed by atoms with Crippen LogP contribution < -0.4 is 16.2 Å². The molecule has 0 aromatic carbocycles. The minimum atomic E-state index is 0.396. The Morgan fingerprint density at radius 3 is 3.00 bits per heavy atom. The van der Waals surface area contributed by atoms with Gasteiger partial charge in [-0.3, -0.25) is 0 Å². The predicted octanol–water partition coefficient (Wildman–Crippen LogP) is 1.14. The molecule has 0 aliphatic carbocycles. The van der Waals surface area contributed by atoms with Crippen molar-refractivity contribution < 1.29 is 4.74 Å². The third-order valence-corrected chi connectivity index (χ3v) is 3.37. The second-order valence-electron chi connectivity index (χ2n) is 4.61. The molecule has 18 heavy (non-hydrogen) atoms. The summed E-state index contributed by atoms with van der Waals surface area (Å²) >= 11 is 0. The van der Waals surface area contributed by atoms with E-state index in [1.807, 2.05) is 6.07 Å². The Balaban J connectivity index is 2.18. The molecule has 0 spiro atoms. The number of nitrogens with two attached hydrogens (primary N) is 1. The molecule has 0 radical (unpaired) electrons. The summed E-state index contributed by atoms with van der Waals surface area (Å²) in [6.07, 6.45) is 2.44. The Bertz CT molecular complexity index is 398. The fourth-order valence-corrected chi connectivity index (χ4v) is 2.29. The Morgan fingerprint density at radius 2 is 2.39 bits per heavy atom. The number of hydrogen-bond donors (Lipinski definition) is 2. The fourth-order valence-electron chi connectivity index (χ4n) is 2.29. The molecule has 6 heteroatoms. The summed E-state index contributed by atoms with van der Waals surface area (Å²) in [6.45, 7) is 4.74. The number of rotatable bonds is 5. The van der Waals surface area contributed by atoms with Gasteiger partial charge in [0, 0.05) is 26.3 Å². The van der Waals surface area contributed by atoms with E-state index >= 15 is 0 Å². The maximum Gasteiger partial charge on any atom is 0.158 e. The van der Waals surface area contributed by atoms with Gasteiger partial charge in [-0.25, -0.2) is 15.8 Å². The van der Waals surface area contributed by atoms with Crippen LogP contribution in [-0.4, -0.2) is 30.2 Å². The quantitative estimate of drug-likeness (QED) is 0.604. The van der Waals surface area contributed by atoms with Crippen molar-refractivity contribution in [1.29, 1.82) is 0 Å². The maximum atomic E-state index is 5.44. The van der Waals surface area contributed by atoms with Gasteiger partial charge in [0.1, 0.15) is 18.2 Å². The summed E-state index contributed by atoms with van der Waals surface area (Å²) in [6, 6.07) is 1.89. The second kappa shape index (κ2) is 5.97. The van der Waals surface area contributed by atoms with Gasteiger partial charge in [0.15, 0.2) is 5.82 Å². The van der Waals surface area contributed by atoms with Gasteiger partial charge >= 0.3 is 0 Å². The zero-order valence-electron chi connectivity index (χ0n) is 11.0. The van der Waals surface area contributed by atoms with Crippen LogP contribution in [0, 0.1) is 5.92 Å². The number of hydrazine groups is 1. The number of anilines is 2. The molecule has 2 rings (SSSR count). The summed E-state index contributed by atoms with van der Waals surface area (Å²) in [5.74, 6) is 8.42. The predicted molar refractivity (Wildman–Crippen MR) is 71.2 cm³/mol. The third-order valence-electron chi connectivity index (χ3n) is 3.37. The molecule has 1 unspecified atom stereocenters. The van der Waals surface area contributed by atoms with E-state index in [2.05, 4.69) is 27.2 Å². The molecule has 100 valence electrons. The summed E-state index contributed by atoms with van der Waals surface area (Å²) in [7, 11) is 1.63. The van der Waals surface area contributed by atoms with Gasteiger partial charge < -0.3 is 15.1 Å². The van der Waals surface area contributed by atoms with E-state index in [0.29, 0.717) is 18.2 Å².